The average Bonchev–Trinajstić information content (AvgIpc) is 3.13. The number of phenolic OH excluding ortho intramolecular Hbond substituents is 1. The Balaban J connectivity index is 1.94. The molecule has 2 aromatic heterocycles. The maximum Gasteiger partial charge on any atom is 0.266 e. The number of benzene rings is 2. The normalized spacial score (nSPS) is 12.9. The molecule has 0 unspecified atom stereocenters. The van der Waals surface area contributed by atoms with Crippen LogP contribution in [0.15, 0.2) is 46.6 Å². The van der Waals surface area contributed by atoms with Gasteiger partial charge in [-0.05, 0) is 61.1 Å². The fourth-order valence-corrected chi connectivity index (χ4v) is 4.80. The average molecular weight is 393 g/mol. The van der Waals surface area contributed by atoms with Crippen molar-refractivity contribution in [2.75, 3.05) is 20.6 Å². The number of hydrogen-bond donors (Lipinski definition) is 2. The van der Waals surface area contributed by atoms with Gasteiger partial charge in [0, 0.05) is 22.9 Å². The summed E-state index contributed by atoms with van der Waals surface area (Å²) in [4.78, 5) is 17.6. The lowest BCUT2D eigenvalue weighted by molar-refractivity contribution is 0.383. The summed E-state index contributed by atoms with van der Waals surface area (Å²) in [6, 6.07) is 12.1. The summed E-state index contributed by atoms with van der Waals surface area (Å²) in [5, 5.41) is 14.5. The lowest BCUT2D eigenvalue weighted by atomic mass is 9.93. The van der Waals surface area contributed by atoms with Crippen molar-refractivity contribution in [2.24, 2.45) is 0 Å². The number of likely N-dealkylation sites (N-methyl/N-ethyl adjacent to an activating group) is 1. The number of aromatic nitrogens is 1. The molecular weight excluding hydrogens is 368 g/mol. The van der Waals surface area contributed by atoms with E-state index in [1.165, 1.54) is 16.9 Å². The summed E-state index contributed by atoms with van der Waals surface area (Å²) in [5.41, 5.74) is 4.55. The van der Waals surface area contributed by atoms with Crippen LogP contribution in [0.2, 0.25) is 0 Å². The summed E-state index contributed by atoms with van der Waals surface area (Å²) in [5.74, 6) is 0.658. The molecule has 1 atom stereocenters. The summed E-state index contributed by atoms with van der Waals surface area (Å²) >= 11 is 1.43. The van der Waals surface area contributed by atoms with Gasteiger partial charge in [0.15, 0.2) is 0 Å². The topological polar surface area (TPSA) is 56.3 Å². The SMILES string of the molecule is Cc1cc(O)c(-c2ccc([C@H](C)CN(C)C)cc2)c2c1[nH]c(=O)c1sccc12. The Kier molecular flexibility index (Phi) is 4.73. The minimum atomic E-state index is -0.0786. The van der Waals surface area contributed by atoms with Crippen LogP contribution in [0.4, 0.5) is 0 Å². The molecule has 0 radical (unpaired) electrons. The summed E-state index contributed by atoms with van der Waals surface area (Å²) in [6.45, 7) is 5.11. The fraction of sp³-hybridized carbons (Fsp3) is 0.261. The second-order valence-electron chi connectivity index (χ2n) is 7.74. The molecule has 0 aliphatic heterocycles. The van der Waals surface area contributed by atoms with Gasteiger partial charge in [-0.2, -0.15) is 0 Å². The van der Waals surface area contributed by atoms with Crippen LogP contribution in [-0.2, 0) is 0 Å². The highest BCUT2D eigenvalue weighted by Gasteiger charge is 2.17. The van der Waals surface area contributed by atoms with E-state index in [0.717, 1.165) is 39.5 Å². The van der Waals surface area contributed by atoms with Crippen molar-refractivity contribution in [3.05, 3.63) is 63.3 Å². The molecule has 0 amide bonds. The summed E-state index contributed by atoms with van der Waals surface area (Å²) in [6.07, 6.45) is 0. The van der Waals surface area contributed by atoms with E-state index in [-0.39, 0.29) is 11.3 Å². The second kappa shape index (κ2) is 7.08. The molecule has 28 heavy (non-hydrogen) atoms. The van der Waals surface area contributed by atoms with Gasteiger partial charge in [0.25, 0.3) is 5.56 Å². The van der Waals surface area contributed by atoms with Crippen molar-refractivity contribution < 1.29 is 5.11 Å². The Hall–Kier alpha value is -2.63. The Labute approximate surface area is 168 Å². The molecule has 0 saturated heterocycles. The van der Waals surface area contributed by atoms with Gasteiger partial charge in [-0.1, -0.05) is 31.2 Å². The number of H-pyrrole nitrogens is 1. The number of nitrogens with zero attached hydrogens (tertiary/aromatic N) is 1. The van der Waals surface area contributed by atoms with Crippen LogP contribution < -0.4 is 5.56 Å². The van der Waals surface area contributed by atoms with Crippen LogP contribution in [0, 0.1) is 6.92 Å². The molecule has 0 bridgehead atoms. The number of aromatic amines is 1. The number of thiophene rings is 1. The monoisotopic (exact) mass is 392 g/mol. The molecular formula is C23H24N2O2S. The van der Waals surface area contributed by atoms with Crippen molar-refractivity contribution in [3.8, 4) is 16.9 Å². The lowest BCUT2D eigenvalue weighted by Crippen LogP contribution is -2.18. The van der Waals surface area contributed by atoms with Gasteiger partial charge in [0.05, 0.1) is 5.52 Å². The van der Waals surface area contributed by atoms with E-state index in [9.17, 15) is 9.90 Å². The highest BCUT2D eigenvalue weighted by molar-refractivity contribution is 7.17. The highest BCUT2D eigenvalue weighted by Crippen LogP contribution is 2.41. The number of aryl methyl sites for hydroxylation is 1. The molecule has 2 aromatic carbocycles. The first-order valence-electron chi connectivity index (χ1n) is 9.37. The Morgan fingerprint density at radius 2 is 1.89 bits per heavy atom. The van der Waals surface area contributed by atoms with Crippen molar-refractivity contribution in [1.82, 2.24) is 9.88 Å². The summed E-state index contributed by atoms with van der Waals surface area (Å²) in [7, 11) is 4.16. The first kappa shape index (κ1) is 18.7. The van der Waals surface area contributed by atoms with Gasteiger partial charge in [-0.3, -0.25) is 4.79 Å². The van der Waals surface area contributed by atoms with Gasteiger partial charge >= 0.3 is 0 Å². The van der Waals surface area contributed by atoms with E-state index < -0.39 is 0 Å². The molecule has 0 spiro atoms. The van der Waals surface area contributed by atoms with Gasteiger partial charge in [0.2, 0.25) is 0 Å². The van der Waals surface area contributed by atoms with Crippen LogP contribution in [0.5, 0.6) is 5.75 Å². The lowest BCUT2D eigenvalue weighted by Gasteiger charge is -2.18. The van der Waals surface area contributed by atoms with Crippen LogP contribution in [0.3, 0.4) is 0 Å². The third kappa shape index (κ3) is 3.11. The number of hydrogen-bond acceptors (Lipinski definition) is 4. The Morgan fingerprint density at radius 1 is 1.18 bits per heavy atom. The molecule has 5 heteroatoms. The molecule has 4 nitrogen and oxygen atoms in total. The Bertz CT molecular complexity index is 1220. The smallest absolute Gasteiger partial charge is 0.266 e. The summed E-state index contributed by atoms with van der Waals surface area (Å²) < 4.78 is 0.690. The van der Waals surface area contributed by atoms with E-state index in [1.54, 1.807) is 6.07 Å². The molecule has 4 rings (SSSR count). The second-order valence-corrected chi connectivity index (χ2v) is 8.66. The van der Waals surface area contributed by atoms with Crippen molar-refractivity contribution in [1.29, 1.82) is 0 Å². The molecule has 0 aliphatic rings. The number of nitrogens with one attached hydrogen (secondary N) is 1. The zero-order valence-electron chi connectivity index (χ0n) is 16.5. The number of aromatic hydroxyl groups is 1. The molecule has 4 aromatic rings. The number of pyridine rings is 1. The predicted octanol–water partition coefficient (Wildman–Crippen LogP) is 5.09. The predicted molar refractivity (Wildman–Crippen MR) is 119 cm³/mol. The van der Waals surface area contributed by atoms with E-state index in [2.05, 4.69) is 55.2 Å². The third-order valence-corrected chi connectivity index (χ3v) is 6.20. The molecule has 2 N–H and O–H groups in total. The maximum absolute atomic E-state index is 12.4. The van der Waals surface area contributed by atoms with Gasteiger partial charge in [0.1, 0.15) is 10.4 Å². The van der Waals surface area contributed by atoms with Crippen LogP contribution in [-0.4, -0.2) is 35.6 Å². The van der Waals surface area contributed by atoms with Crippen LogP contribution in [0.25, 0.3) is 32.1 Å². The zero-order valence-corrected chi connectivity index (χ0v) is 17.4. The van der Waals surface area contributed by atoms with Crippen molar-refractivity contribution >= 4 is 32.3 Å². The fourth-order valence-electron chi connectivity index (χ4n) is 4.01. The van der Waals surface area contributed by atoms with Crippen LogP contribution in [0.1, 0.15) is 24.0 Å². The van der Waals surface area contributed by atoms with Crippen LogP contribution >= 0.6 is 11.3 Å². The first-order chi connectivity index (χ1) is 13.4. The third-order valence-electron chi connectivity index (χ3n) is 5.29. The molecule has 144 valence electrons. The van der Waals surface area contributed by atoms with Gasteiger partial charge in [-0.25, -0.2) is 0 Å². The molecule has 0 saturated carbocycles. The number of rotatable bonds is 4. The minimum Gasteiger partial charge on any atom is -0.507 e. The molecule has 0 fully saturated rings. The quantitative estimate of drug-likeness (QED) is 0.509. The largest absolute Gasteiger partial charge is 0.507 e. The first-order valence-corrected chi connectivity index (χ1v) is 10.3. The van der Waals surface area contributed by atoms with E-state index in [1.807, 2.05) is 18.4 Å². The zero-order chi connectivity index (χ0) is 20.0. The van der Waals surface area contributed by atoms with Gasteiger partial charge in [-0.15, -0.1) is 11.3 Å². The van der Waals surface area contributed by atoms with E-state index in [0.29, 0.717) is 10.6 Å². The minimum absolute atomic E-state index is 0.0786. The maximum atomic E-state index is 12.4. The molecule has 0 aliphatic carbocycles. The standard InChI is InChI=1S/C23H24N2O2S/c1-13-11-18(26)19(16-7-5-15(6-8-16)14(2)12-25(3)4)20-17-9-10-28-22(17)23(27)24-21(13)20/h5-11,14,26H,12H2,1-4H3,(H,24,27)/t14-/m1/s1. The van der Waals surface area contributed by atoms with Gasteiger partial charge < -0.3 is 15.0 Å². The van der Waals surface area contributed by atoms with E-state index in [4.69, 9.17) is 0 Å². The highest BCUT2D eigenvalue weighted by atomic mass is 32.1. The van der Waals surface area contributed by atoms with Crippen molar-refractivity contribution in [3.63, 3.8) is 0 Å². The number of fused-ring (bicyclic) bond motifs is 3. The Morgan fingerprint density at radius 3 is 2.57 bits per heavy atom. The number of phenols is 1. The van der Waals surface area contributed by atoms with Crippen molar-refractivity contribution in [2.45, 2.75) is 19.8 Å². The molecule has 2 heterocycles. The van der Waals surface area contributed by atoms with E-state index >= 15 is 0 Å².